The van der Waals surface area contributed by atoms with Crippen molar-refractivity contribution in [3.8, 4) is 0 Å². The van der Waals surface area contributed by atoms with Crippen LogP contribution in [0.2, 0.25) is 0 Å². The van der Waals surface area contributed by atoms with Gasteiger partial charge in [0.2, 0.25) is 15.9 Å². The lowest BCUT2D eigenvalue weighted by molar-refractivity contribution is -0.122. The van der Waals surface area contributed by atoms with E-state index < -0.39 is 10.0 Å². The van der Waals surface area contributed by atoms with Gasteiger partial charge in [-0.1, -0.05) is 6.42 Å². The van der Waals surface area contributed by atoms with Crippen LogP contribution in [0.15, 0.2) is 24.3 Å². The Kier molecular flexibility index (Phi) is 3.41. The summed E-state index contributed by atoms with van der Waals surface area (Å²) in [7, 11) is -3.14. The van der Waals surface area contributed by atoms with Crippen LogP contribution < -0.4 is 9.62 Å². The second-order valence-electron chi connectivity index (χ2n) is 5.41. The summed E-state index contributed by atoms with van der Waals surface area (Å²) in [4.78, 5) is 11.8. The Morgan fingerprint density at radius 2 is 1.85 bits per heavy atom. The molecule has 1 saturated carbocycles. The fourth-order valence-electron chi connectivity index (χ4n) is 2.56. The minimum absolute atomic E-state index is 0.0674. The Bertz CT molecular complexity index is 606. The average molecular weight is 294 g/mol. The highest BCUT2D eigenvalue weighted by atomic mass is 32.2. The van der Waals surface area contributed by atoms with Gasteiger partial charge in [0.25, 0.3) is 0 Å². The van der Waals surface area contributed by atoms with E-state index in [0.717, 1.165) is 24.9 Å². The normalized spacial score (nSPS) is 21.5. The number of carbonyl (C=O) groups excluding carboxylic acids is 1. The Labute approximate surface area is 119 Å². The number of carbonyl (C=O) groups is 1. The third kappa shape index (κ3) is 2.52. The number of nitrogens with one attached hydrogen (secondary N) is 1. The van der Waals surface area contributed by atoms with Crippen LogP contribution in [0.5, 0.6) is 0 Å². The van der Waals surface area contributed by atoms with Crippen LogP contribution in [0.1, 0.15) is 25.7 Å². The van der Waals surface area contributed by atoms with Crippen molar-refractivity contribution < 1.29 is 13.2 Å². The molecule has 2 aliphatic rings. The molecule has 108 valence electrons. The van der Waals surface area contributed by atoms with Gasteiger partial charge in [0.05, 0.1) is 11.4 Å². The Hall–Kier alpha value is -1.56. The lowest BCUT2D eigenvalue weighted by Crippen LogP contribution is -2.28. The van der Waals surface area contributed by atoms with Crippen molar-refractivity contribution in [2.45, 2.75) is 25.7 Å². The molecule has 6 heteroatoms. The maximum atomic E-state index is 11.8. The number of sulfonamides is 1. The van der Waals surface area contributed by atoms with Crippen LogP contribution in [0.4, 0.5) is 11.4 Å². The summed E-state index contributed by atoms with van der Waals surface area (Å²) in [5, 5.41) is 2.88. The lowest BCUT2D eigenvalue weighted by atomic mass is 9.85. The van der Waals surface area contributed by atoms with E-state index >= 15 is 0 Å². The summed E-state index contributed by atoms with van der Waals surface area (Å²) in [6.07, 6.45) is 3.73. The van der Waals surface area contributed by atoms with Gasteiger partial charge in [0.15, 0.2) is 0 Å². The number of rotatable bonds is 3. The highest BCUT2D eigenvalue weighted by Gasteiger charge is 2.28. The molecule has 0 radical (unpaired) electrons. The molecule has 0 atom stereocenters. The van der Waals surface area contributed by atoms with Gasteiger partial charge < -0.3 is 5.32 Å². The summed E-state index contributed by atoms with van der Waals surface area (Å²) >= 11 is 0. The molecule has 1 aromatic carbocycles. The zero-order chi connectivity index (χ0) is 14.2. The van der Waals surface area contributed by atoms with Crippen molar-refractivity contribution in [3.63, 3.8) is 0 Å². The maximum absolute atomic E-state index is 11.8. The molecule has 3 rings (SSSR count). The molecule has 1 aromatic rings. The quantitative estimate of drug-likeness (QED) is 0.926. The highest BCUT2D eigenvalue weighted by Crippen LogP contribution is 2.29. The molecule has 20 heavy (non-hydrogen) atoms. The van der Waals surface area contributed by atoms with E-state index in [2.05, 4.69) is 5.32 Å². The first kappa shape index (κ1) is 13.4. The number of hydrogen-bond acceptors (Lipinski definition) is 3. The van der Waals surface area contributed by atoms with E-state index in [0.29, 0.717) is 18.7 Å². The number of nitrogens with zero attached hydrogens (tertiary/aromatic N) is 1. The fourth-order valence-corrected chi connectivity index (χ4v) is 4.12. The predicted octanol–water partition coefficient (Wildman–Crippen LogP) is 1.97. The van der Waals surface area contributed by atoms with Crippen molar-refractivity contribution in [3.05, 3.63) is 24.3 Å². The van der Waals surface area contributed by atoms with Crippen LogP contribution in [0.3, 0.4) is 0 Å². The van der Waals surface area contributed by atoms with E-state index in [9.17, 15) is 13.2 Å². The maximum Gasteiger partial charge on any atom is 0.235 e. The monoisotopic (exact) mass is 294 g/mol. The zero-order valence-electron chi connectivity index (χ0n) is 11.2. The van der Waals surface area contributed by atoms with Gasteiger partial charge in [-0.05, 0) is 43.5 Å². The summed E-state index contributed by atoms with van der Waals surface area (Å²) in [6, 6.07) is 7.03. The van der Waals surface area contributed by atoms with E-state index in [-0.39, 0.29) is 17.6 Å². The Morgan fingerprint density at radius 3 is 2.35 bits per heavy atom. The smallest absolute Gasteiger partial charge is 0.235 e. The first-order valence-electron chi connectivity index (χ1n) is 6.98. The van der Waals surface area contributed by atoms with Gasteiger partial charge in [0, 0.05) is 18.2 Å². The summed E-state index contributed by atoms with van der Waals surface area (Å²) in [5.74, 6) is 0.430. The van der Waals surface area contributed by atoms with Gasteiger partial charge in [-0.2, -0.15) is 0 Å². The van der Waals surface area contributed by atoms with Crippen molar-refractivity contribution in [2.24, 2.45) is 5.92 Å². The first-order valence-corrected chi connectivity index (χ1v) is 8.58. The molecule has 0 unspecified atom stereocenters. The Balaban J connectivity index is 1.69. The molecule has 1 amide bonds. The van der Waals surface area contributed by atoms with E-state index in [4.69, 9.17) is 0 Å². The third-order valence-corrected chi connectivity index (χ3v) is 5.87. The van der Waals surface area contributed by atoms with Crippen LogP contribution in [-0.2, 0) is 14.8 Å². The predicted molar refractivity (Wildman–Crippen MR) is 78.2 cm³/mol. The van der Waals surface area contributed by atoms with Gasteiger partial charge in [-0.25, -0.2) is 8.42 Å². The fraction of sp³-hybridized carbons (Fsp3) is 0.500. The second-order valence-corrected chi connectivity index (χ2v) is 7.42. The molecule has 1 saturated heterocycles. The molecule has 2 fully saturated rings. The molecule has 1 heterocycles. The van der Waals surface area contributed by atoms with Crippen molar-refractivity contribution in [1.82, 2.24) is 0 Å². The summed E-state index contributed by atoms with van der Waals surface area (Å²) in [6.45, 7) is 0.538. The van der Waals surface area contributed by atoms with Gasteiger partial charge in [0.1, 0.15) is 0 Å². The second kappa shape index (κ2) is 5.09. The molecule has 5 nitrogen and oxygen atoms in total. The molecule has 1 aliphatic heterocycles. The molecular weight excluding hydrogens is 276 g/mol. The van der Waals surface area contributed by atoms with Crippen molar-refractivity contribution in [1.29, 1.82) is 0 Å². The molecular formula is C14H18N2O3S. The topological polar surface area (TPSA) is 66.5 Å². The Morgan fingerprint density at radius 1 is 1.15 bits per heavy atom. The molecule has 0 spiro atoms. The standard InChI is InChI=1S/C14H18N2O3S/c17-14(11-3-1-4-11)15-12-5-7-13(8-6-12)16-9-2-10-20(16,18)19/h5-8,11H,1-4,9-10H2,(H,15,17). The SMILES string of the molecule is O=C(Nc1ccc(N2CCCS2(=O)=O)cc1)C1CCC1. The number of benzene rings is 1. The average Bonchev–Trinajstić information content (AvgIpc) is 2.67. The van der Waals surface area contributed by atoms with Gasteiger partial charge in [-0.15, -0.1) is 0 Å². The number of hydrogen-bond donors (Lipinski definition) is 1. The summed E-state index contributed by atoms with van der Waals surface area (Å²) < 4.78 is 25.1. The van der Waals surface area contributed by atoms with Crippen LogP contribution in [0.25, 0.3) is 0 Å². The van der Waals surface area contributed by atoms with E-state index in [1.165, 1.54) is 4.31 Å². The zero-order valence-corrected chi connectivity index (χ0v) is 12.0. The van der Waals surface area contributed by atoms with Crippen molar-refractivity contribution >= 4 is 27.3 Å². The largest absolute Gasteiger partial charge is 0.326 e. The molecule has 1 N–H and O–H groups in total. The first-order chi connectivity index (χ1) is 9.56. The van der Waals surface area contributed by atoms with Gasteiger partial charge in [-0.3, -0.25) is 9.10 Å². The van der Waals surface area contributed by atoms with Gasteiger partial charge >= 0.3 is 0 Å². The molecule has 0 aromatic heterocycles. The molecule has 1 aliphatic carbocycles. The number of anilines is 2. The molecule has 0 bridgehead atoms. The minimum atomic E-state index is -3.14. The van der Waals surface area contributed by atoms with Crippen LogP contribution >= 0.6 is 0 Å². The van der Waals surface area contributed by atoms with E-state index in [1.54, 1.807) is 24.3 Å². The number of amides is 1. The summed E-state index contributed by atoms with van der Waals surface area (Å²) in [5.41, 5.74) is 1.39. The third-order valence-electron chi connectivity index (χ3n) is 4.00. The van der Waals surface area contributed by atoms with Crippen LogP contribution in [0, 0.1) is 5.92 Å². The highest BCUT2D eigenvalue weighted by molar-refractivity contribution is 7.93. The lowest BCUT2D eigenvalue weighted by Gasteiger charge is -2.24. The van der Waals surface area contributed by atoms with E-state index in [1.807, 2.05) is 0 Å². The van der Waals surface area contributed by atoms with Crippen molar-refractivity contribution in [2.75, 3.05) is 21.9 Å². The minimum Gasteiger partial charge on any atom is -0.326 e. The van der Waals surface area contributed by atoms with Crippen LogP contribution in [-0.4, -0.2) is 26.6 Å².